The Kier molecular flexibility index (Phi) is 4.80. The predicted molar refractivity (Wildman–Crippen MR) is 100 cm³/mol. The Morgan fingerprint density at radius 2 is 2.31 bits per heavy atom. The van der Waals surface area contributed by atoms with E-state index in [-0.39, 0.29) is 17.9 Å². The van der Waals surface area contributed by atoms with Crippen molar-refractivity contribution in [2.75, 3.05) is 19.6 Å². The van der Waals surface area contributed by atoms with Crippen molar-refractivity contribution in [3.63, 3.8) is 0 Å². The molecule has 2 aromatic heterocycles. The van der Waals surface area contributed by atoms with E-state index in [1.54, 1.807) is 17.4 Å². The van der Waals surface area contributed by atoms with Crippen LogP contribution in [0.15, 0.2) is 23.6 Å². The highest BCUT2D eigenvalue weighted by Gasteiger charge is 2.40. The van der Waals surface area contributed by atoms with Crippen LogP contribution in [0.1, 0.15) is 40.3 Å². The number of piperidine rings is 2. The van der Waals surface area contributed by atoms with Crippen LogP contribution in [0.5, 0.6) is 0 Å². The molecular formula is C19H24N4O2S. The normalized spacial score (nSPS) is 23.2. The van der Waals surface area contributed by atoms with E-state index < -0.39 is 0 Å². The Labute approximate surface area is 157 Å². The lowest BCUT2D eigenvalue weighted by Gasteiger charge is -2.47. The number of nitrogens with one attached hydrogen (secondary N) is 1. The van der Waals surface area contributed by atoms with Crippen molar-refractivity contribution in [3.8, 4) is 0 Å². The zero-order valence-corrected chi connectivity index (χ0v) is 15.8. The molecular weight excluding hydrogens is 348 g/mol. The molecule has 2 aromatic rings. The van der Waals surface area contributed by atoms with E-state index in [9.17, 15) is 9.59 Å². The summed E-state index contributed by atoms with van der Waals surface area (Å²) in [5.41, 5.74) is 1.38. The van der Waals surface area contributed by atoms with Crippen LogP contribution < -0.4 is 0 Å². The van der Waals surface area contributed by atoms with Gasteiger partial charge in [-0.3, -0.25) is 14.7 Å². The molecule has 2 fully saturated rings. The number of likely N-dealkylation sites (tertiary alicyclic amines) is 2. The van der Waals surface area contributed by atoms with Crippen LogP contribution in [0.3, 0.4) is 0 Å². The molecule has 0 unspecified atom stereocenters. The minimum absolute atomic E-state index is 0.00478. The molecule has 2 aliphatic heterocycles. The van der Waals surface area contributed by atoms with Gasteiger partial charge in [-0.15, -0.1) is 11.3 Å². The van der Waals surface area contributed by atoms with E-state index >= 15 is 0 Å². The largest absolute Gasteiger partial charge is 0.339 e. The van der Waals surface area contributed by atoms with Gasteiger partial charge >= 0.3 is 0 Å². The third kappa shape index (κ3) is 3.40. The molecule has 138 valence electrons. The fraction of sp³-hybridized carbons (Fsp3) is 0.526. The first kappa shape index (κ1) is 17.3. The lowest BCUT2D eigenvalue weighted by atomic mass is 9.83. The van der Waals surface area contributed by atoms with Crippen LogP contribution in [0.25, 0.3) is 0 Å². The van der Waals surface area contributed by atoms with Gasteiger partial charge in [0.2, 0.25) is 5.91 Å². The summed E-state index contributed by atoms with van der Waals surface area (Å²) in [5, 5.41) is 9.02. The first-order valence-corrected chi connectivity index (χ1v) is 10.1. The van der Waals surface area contributed by atoms with Crippen molar-refractivity contribution in [1.29, 1.82) is 0 Å². The van der Waals surface area contributed by atoms with E-state index in [0.29, 0.717) is 24.6 Å². The lowest BCUT2D eigenvalue weighted by molar-refractivity contribution is -0.140. The number of rotatable bonds is 4. The smallest absolute Gasteiger partial charge is 0.274 e. The van der Waals surface area contributed by atoms with Crippen molar-refractivity contribution in [2.45, 2.75) is 38.6 Å². The molecule has 2 atom stereocenters. The number of aryl methyl sites for hydroxylation is 1. The molecule has 0 saturated carbocycles. The summed E-state index contributed by atoms with van der Waals surface area (Å²) >= 11 is 1.75. The second kappa shape index (κ2) is 7.23. The van der Waals surface area contributed by atoms with Crippen LogP contribution in [0, 0.1) is 12.8 Å². The van der Waals surface area contributed by atoms with Crippen LogP contribution >= 0.6 is 11.3 Å². The molecule has 2 saturated heterocycles. The van der Waals surface area contributed by atoms with Gasteiger partial charge in [0.15, 0.2) is 0 Å². The highest BCUT2D eigenvalue weighted by molar-refractivity contribution is 7.09. The number of carbonyl (C=O) groups is 2. The number of hydrogen-bond donors (Lipinski definition) is 1. The summed E-state index contributed by atoms with van der Waals surface area (Å²) in [4.78, 5) is 30.5. The van der Waals surface area contributed by atoms with Gasteiger partial charge < -0.3 is 9.80 Å². The zero-order chi connectivity index (χ0) is 18.1. The Hall–Kier alpha value is -2.15. The van der Waals surface area contributed by atoms with Gasteiger partial charge in [0.25, 0.3) is 5.91 Å². The average Bonchev–Trinajstić information content (AvgIpc) is 3.31. The fourth-order valence-corrected chi connectivity index (χ4v) is 4.90. The molecule has 0 aliphatic carbocycles. The van der Waals surface area contributed by atoms with Gasteiger partial charge in [-0.2, -0.15) is 5.10 Å². The second-order valence-corrected chi connectivity index (χ2v) is 8.29. The maximum absolute atomic E-state index is 12.7. The summed E-state index contributed by atoms with van der Waals surface area (Å²) in [6, 6.07) is 6.25. The number of nitrogens with zero attached hydrogens (tertiary/aromatic N) is 3. The monoisotopic (exact) mass is 372 g/mol. The molecule has 0 spiro atoms. The van der Waals surface area contributed by atoms with Gasteiger partial charge in [0.05, 0.1) is 0 Å². The first-order chi connectivity index (χ1) is 12.6. The van der Waals surface area contributed by atoms with Gasteiger partial charge in [-0.05, 0) is 49.6 Å². The highest BCUT2D eigenvalue weighted by Crippen LogP contribution is 2.32. The number of thiophene rings is 1. The lowest BCUT2D eigenvalue weighted by Crippen LogP contribution is -2.57. The molecule has 0 bridgehead atoms. The molecule has 0 radical (unpaired) electrons. The van der Waals surface area contributed by atoms with E-state index in [4.69, 9.17) is 0 Å². The number of amides is 2. The van der Waals surface area contributed by atoms with Crippen LogP contribution in [-0.2, 0) is 11.2 Å². The zero-order valence-electron chi connectivity index (χ0n) is 15.0. The first-order valence-electron chi connectivity index (χ1n) is 9.25. The third-order valence-electron chi connectivity index (χ3n) is 5.53. The van der Waals surface area contributed by atoms with Crippen molar-refractivity contribution < 1.29 is 9.59 Å². The van der Waals surface area contributed by atoms with E-state index in [1.807, 2.05) is 11.8 Å². The van der Waals surface area contributed by atoms with Crippen LogP contribution in [0.4, 0.5) is 0 Å². The Bertz CT molecular complexity index is 785. The minimum atomic E-state index is -0.00478. The van der Waals surface area contributed by atoms with Crippen molar-refractivity contribution >= 4 is 23.2 Å². The summed E-state index contributed by atoms with van der Waals surface area (Å²) in [5.74, 6) is 0.633. The van der Waals surface area contributed by atoms with Crippen LogP contribution in [0.2, 0.25) is 0 Å². The van der Waals surface area contributed by atoms with Crippen molar-refractivity contribution in [1.82, 2.24) is 20.0 Å². The maximum atomic E-state index is 12.7. The molecule has 0 aromatic carbocycles. The van der Waals surface area contributed by atoms with Gasteiger partial charge in [0.1, 0.15) is 5.69 Å². The standard InChI is InChI=1S/C19H24N4O2S/c1-13-11-16(21-20-13)19(25)22-8-7-17-14(12-22)4-5-18(24)23(17)9-6-15-3-2-10-26-15/h2-3,10-11,14,17H,4-9,12H2,1H3,(H,20,21)/t14-,17+/m0/s1. The molecule has 7 heteroatoms. The number of H-pyrrole nitrogens is 1. The number of carbonyl (C=O) groups excluding carboxylic acids is 2. The summed E-state index contributed by atoms with van der Waals surface area (Å²) in [7, 11) is 0. The van der Waals surface area contributed by atoms with E-state index in [2.05, 4.69) is 32.6 Å². The Morgan fingerprint density at radius 1 is 1.42 bits per heavy atom. The quantitative estimate of drug-likeness (QED) is 0.896. The SMILES string of the molecule is Cc1cc(C(=O)N2CC[C@@H]3[C@@H](CCC(=O)N3CCc3cccs3)C2)n[nH]1. The molecule has 2 aliphatic rings. The molecule has 4 heterocycles. The average molecular weight is 372 g/mol. The summed E-state index contributed by atoms with van der Waals surface area (Å²) in [6.45, 7) is 4.09. The van der Waals surface area contributed by atoms with Crippen molar-refractivity contribution in [3.05, 3.63) is 39.8 Å². The number of fused-ring (bicyclic) bond motifs is 1. The number of aromatic amines is 1. The third-order valence-corrected chi connectivity index (χ3v) is 6.47. The van der Waals surface area contributed by atoms with Crippen LogP contribution in [-0.4, -0.2) is 57.5 Å². The summed E-state index contributed by atoms with van der Waals surface area (Å²) in [6.07, 6.45) is 3.25. The Morgan fingerprint density at radius 3 is 3.04 bits per heavy atom. The number of aromatic nitrogens is 2. The van der Waals surface area contributed by atoms with Gasteiger partial charge in [-0.1, -0.05) is 6.07 Å². The molecule has 1 N–H and O–H groups in total. The molecule has 26 heavy (non-hydrogen) atoms. The topological polar surface area (TPSA) is 69.3 Å². The minimum Gasteiger partial charge on any atom is -0.339 e. The molecule has 6 nitrogen and oxygen atoms in total. The maximum Gasteiger partial charge on any atom is 0.274 e. The predicted octanol–water partition coefficient (Wildman–Crippen LogP) is 2.48. The fourth-order valence-electron chi connectivity index (χ4n) is 4.20. The number of hydrogen-bond acceptors (Lipinski definition) is 4. The molecule has 4 rings (SSSR count). The van der Waals surface area contributed by atoms with E-state index in [1.165, 1.54) is 4.88 Å². The Balaban J connectivity index is 1.41. The second-order valence-electron chi connectivity index (χ2n) is 7.26. The molecule has 2 amide bonds. The van der Waals surface area contributed by atoms with E-state index in [0.717, 1.165) is 38.0 Å². The highest BCUT2D eigenvalue weighted by atomic mass is 32.1. The summed E-state index contributed by atoms with van der Waals surface area (Å²) < 4.78 is 0. The van der Waals surface area contributed by atoms with Gasteiger partial charge in [0, 0.05) is 42.7 Å². The van der Waals surface area contributed by atoms with Crippen molar-refractivity contribution in [2.24, 2.45) is 5.92 Å². The van der Waals surface area contributed by atoms with Gasteiger partial charge in [-0.25, -0.2) is 0 Å².